The lowest BCUT2D eigenvalue weighted by atomic mass is 10.0. The van der Waals surface area contributed by atoms with E-state index < -0.39 is 11.6 Å². The van der Waals surface area contributed by atoms with Gasteiger partial charge in [-0.3, -0.25) is 4.79 Å². The number of hydrogen-bond acceptors (Lipinski definition) is 16. The molecular formula is C67H82N12O9. The first-order valence-electron chi connectivity index (χ1n) is 29.4. The van der Waals surface area contributed by atoms with Gasteiger partial charge in [0.25, 0.3) is 0 Å². The summed E-state index contributed by atoms with van der Waals surface area (Å²) in [5.41, 5.74) is 19.9. The summed E-state index contributed by atoms with van der Waals surface area (Å²) in [5.74, 6) is 3.07. The summed E-state index contributed by atoms with van der Waals surface area (Å²) in [7, 11) is 7.24. The third kappa shape index (κ3) is 16.9. The monoisotopic (exact) mass is 1200 g/mol. The number of likely N-dealkylation sites (N-methyl/N-ethyl adjacent to an activating group) is 2. The number of carboxylic acid groups (broad SMARTS) is 1. The molecule has 21 nitrogen and oxygen atoms in total. The van der Waals surface area contributed by atoms with Crippen LogP contribution >= 0.6 is 0 Å². The number of carbonyl (C=O) groups excluding carboxylic acids is 2. The number of likely N-dealkylation sites (tertiary alicyclic amines) is 2. The molecule has 464 valence electrons. The second kappa shape index (κ2) is 30.5. The van der Waals surface area contributed by atoms with Gasteiger partial charge in [0.15, 0.2) is 0 Å². The van der Waals surface area contributed by atoms with E-state index >= 15 is 0 Å². The summed E-state index contributed by atoms with van der Waals surface area (Å²) in [6.45, 7) is 16.6. The molecule has 4 aromatic heterocycles. The van der Waals surface area contributed by atoms with Crippen molar-refractivity contribution in [3.63, 3.8) is 0 Å². The predicted octanol–water partition coefficient (Wildman–Crippen LogP) is 10.9. The average Bonchev–Trinajstić information content (AvgIpc) is 1.64. The normalized spacial score (nSPS) is 15.1. The highest BCUT2D eigenvalue weighted by Gasteiger charge is 2.34. The van der Waals surface area contributed by atoms with Crippen molar-refractivity contribution in [3.8, 4) is 45.3 Å². The van der Waals surface area contributed by atoms with Crippen LogP contribution in [0.3, 0.4) is 0 Å². The summed E-state index contributed by atoms with van der Waals surface area (Å²) in [4.78, 5) is 61.3. The molecule has 0 radical (unpaired) electrons. The number of methoxy groups -OCH3 is 2. The zero-order chi connectivity index (χ0) is 62.9. The van der Waals surface area contributed by atoms with Gasteiger partial charge in [0.2, 0.25) is 5.91 Å². The molecule has 6 heterocycles. The fraction of sp³-hybridized carbons (Fsp3) is 0.358. The molecule has 0 aliphatic carbocycles. The van der Waals surface area contributed by atoms with Gasteiger partial charge in [0.05, 0.1) is 36.1 Å². The van der Waals surface area contributed by atoms with E-state index in [0.29, 0.717) is 64.1 Å². The molecule has 2 saturated heterocycles. The number of nitrogens with two attached hydrogens (primary N) is 2. The molecule has 5 N–H and O–H groups in total. The van der Waals surface area contributed by atoms with Crippen LogP contribution in [0.4, 0.5) is 16.4 Å². The van der Waals surface area contributed by atoms with Crippen LogP contribution in [0, 0.1) is 13.8 Å². The Balaban J connectivity index is 0.000000193. The summed E-state index contributed by atoms with van der Waals surface area (Å²) < 4.78 is 31.9. The first-order valence-corrected chi connectivity index (χ1v) is 29.4. The molecule has 2 aliphatic rings. The van der Waals surface area contributed by atoms with E-state index in [4.69, 9.17) is 40.3 Å². The van der Waals surface area contributed by atoms with Crippen LogP contribution in [0.2, 0.25) is 0 Å². The Morgan fingerprint density at radius 1 is 0.602 bits per heavy atom. The number of aromatic nitrogens is 6. The lowest BCUT2D eigenvalue weighted by molar-refractivity contribution is -0.131. The number of fused-ring (bicyclic) bond motifs is 2. The molecule has 0 saturated carbocycles. The zero-order valence-corrected chi connectivity index (χ0v) is 51.8. The van der Waals surface area contributed by atoms with E-state index in [9.17, 15) is 14.4 Å². The topological polar surface area (TPSA) is 244 Å². The number of benzene rings is 4. The maximum atomic E-state index is 12.9. The van der Waals surface area contributed by atoms with Gasteiger partial charge in [0, 0.05) is 101 Å². The Morgan fingerprint density at radius 3 is 1.43 bits per heavy atom. The smallest absolute Gasteiger partial charge is 0.410 e. The van der Waals surface area contributed by atoms with Crippen molar-refractivity contribution >= 4 is 51.7 Å². The molecule has 0 spiro atoms. The van der Waals surface area contributed by atoms with Crippen molar-refractivity contribution in [2.45, 2.75) is 65.1 Å². The van der Waals surface area contributed by atoms with E-state index in [1.807, 2.05) is 160 Å². The molecule has 10 rings (SSSR count). The molecule has 2 amide bonds. The summed E-state index contributed by atoms with van der Waals surface area (Å²) in [6.07, 6.45) is 10.7. The number of ether oxygens (including phenoxy) is 5. The molecule has 2 atom stereocenters. The van der Waals surface area contributed by atoms with Crippen molar-refractivity contribution in [2.75, 3.05) is 105 Å². The number of anilines is 2. The summed E-state index contributed by atoms with van der Waals surface area (Å²) in [6, 6.07) is 35.5. The Bertz CT molecular complexity index is 3660. The molecule has 88 heavy (non-hydrogen) atoms. The lowest BCUT2D eigenvalue weighted by Crippen LogP contribution is -2.35. The number of amides is 2. The molecule has 2 fully saturated rings. The Kier molecular flexibility index (Phi) is 22.4. The van der Waals surface area contributed by atoms with Crippen LogP contribution in [0.1, 0.15) is 57.1 Å². The highest BCUT2D eigenvalue weighted by Crippen LogP contribution is 2.42. The van der Waals surface area contributed by atoms with Crippen molar-refractivity contribution < 1.29 is 43.2 Å². The number of carboxylic acids is 1. The van der Waals surface area contributed by atoms with E-state index in [-0.39, 0.29) is 24.1 Å². The predicted molar refractivity (Wildman–Crippen MR) is 344 cm³/mol. The van der Waals surface area contributed by atoms with Crippen molar-refractivity contribution in [1.82, 2.24) is 48.7 Å². The molecule has 2 aliphatic heterocycles. The van der Waals surface area contributed by atoms with E-state index in [0.717, 1.165) is 111 Å². The summed E-state index contributed by atoms with van der Waals surface area (Å²) >= 11 is 0. The minimum atomic E-state index is -0.907. The van der Waals surface area contributed by atoms with Crippen LogP contribution in [0.5, 0.6) is 23.0 Å². The Morgan fingerprint density at radius 2 is 1.01 bits per heavy atom. The van der Waals surface area contributed by atoms with Gasteiger partial charge in [-0.1, -0.05) is 72.8 Å². The van der Waals surface area contributed by atoms with Gasteiger partial charge in [-0.25, -0.2) is 29.5 Å². The van der Waals surface area contributed by atoms with Crippen molar-refractivity contribution in [3.05, 3.63) is 158 Å². The fourth-order valence-corrected chi connectivity index (χ4v) is 10.8. The number of nitrogens with zero attached hydrogens (tertiary/aromatic N) is 10. The van der Waals surface area contributed by atoms with Gasteiger partial charge in [-0.05, 0) is 121 Å². The van der Waals surface area contributed by atoms with E-state index in [1.54, 1.807) is 31.3 Å². The molecular weight excluding hydrogens is 1120 g/mol. The fourth-order valence-electron chi connectivity index (χ4n) is 10.8. The van der Waals surface area contributed by atoms with Gasteiger partial charge >= 0.3 is 12.1 Å². The molecule has 0 bridgehead atoms. The number of hydrogen-bond donors (Lipinski definition) is 3. The van der Waals surface area contributed by atoms with Crippen molar-refractivity contribution in [2.24, 2.45) is 0 Å². The van der Waals surface area contributed by atoms with Crippen LogP contribution in [0.25, 0.3) is 44.3 Å². The number of nitrogen functional groups attached to an aromatic ring is 2. The number of para-hydroxylation sites is 2. The minimum Gasteiger partial charge on any atom is -0.478 e. The van der Waals surface area contributed by atoms with E-state index in [2.05, 4.69) is 47.8 Å². The van der Waals surface area contributed by atoms with Crippen LogP contribution in [0.15, 0.2) is 146 Å². The molecule has 21 heteroatoms. The number of rotatable bonds is 20. The number of carbonyl (C=O) groups is 3. The largest absolute Gasteiger partial charge is 0.478 e. The van der Waals surface area contributed by atoms with E-state index in [1.165, 1.54) is 12.7 Å². The first-order chi connectivity index (χ1) is 42.3. The highest BCUT2D eigenvalue weighted by atomic mass is 16.6. The van der Waals surface area contributed by atoms with Gasteiger partial charge in [-0.2, -0.15) is 0 Å². The molecule has 4 aromatic carbocycles. The maximum Gasteiger partial charge on any atom is 0.410 e. The van der Waals surface area contributed by atoms with Crippen molar-refractivity contribution in [1.29, 1.82) is 0 Å². The van der Waals surface area contributed by atoms with Gasteiger partial charge in [-0.15, -0.1) is 0 Å². The van der Waals surface area contributed by atoms with Crippen LogP contribution < -0.4 is 20.9 Å². The Hall–Kier alpha value is -9.15. The maximum absolute atomic E-state index is 12.9. The quantitative estimate of drug-likeness (QED) is 0.0601. The SMILES string of the molecule is COCCN(C)C/C=C/C(=O)N1CC[C@@H](n2c(C)c(-c3ccc(Oc4ccccc4)cc3)c3c(N)ncnc32)C1.COCCN(C)C/C=C/C(=O)O.Cc1c(-c2ccc(Oc3ccccc3)cc2)c2c(N)ncnc2n1[C@@H]1CCN(C(=O)OC(C)(C)C)C1. The first kappa shape index (κ1) is 64.8. The molecule has 0 unspecified atom stereocenters. The van der Waals surface area contributed by atoms with Gasteiger partial charge < -0.3 is 69.0 Å². The second-order valence-corrected chi connectivity index (χ2v) is 22.7. The highest BCUT2D eigenvalue weighted by molar-refractivity contribution is 6.03. The summed E-state index contributed by atoms with van der Waals surface area (Å²) in [5, 5.41) is 9.93. The van der Waals surface area contributed by atoms with Crippen LogP contribution in [-0.4, -0.2) is 171 Å². The number of aliphatic carboxylic acids is 1. The lowest BCUT2D eigenvalue weighted by Gasteiger charge is -2.24. The standard InChI is InChI=1S/C31H36N6O3.C28H31N5O3.C8H15NO3/c1-22-28(23-11-13-26(14-12-23)40-25-8-5-4-6-9-25)29-30(32)33-21-34-31(29)37(22)24-15-17-36(20-24)27(38)10-7-16-35(2)18-19-39-3;1-18-23(19-10-12-22(13-11-19)35-21-8-6-5-7-9-21)24-25(29)30-17-31-26(24)33(18)20-14-15-32(16-20)27(34)36-28(2,3)4;1-9(6-7-12-2)5-3-4-8(10)11/h4-14,21,24H,15-20H2,1-3H3,(H2,32,33,34);5-13,17,20H,14-16H2,1-4H3,(H2,29,30,31);3-4H,5-7H2,1-2H3,(H,10,11)/b10-7+;;4-3+/t24-;20-;/m11./s1. The zero-order valence-electron chi connectivity index (χ0n) is 51.8. The van der Waals surface area contributed by atoms with Crippen LogP contribution in [-0.2, 0) is 23.8 Å². The third-order valence-electron chi connectivity index (χ3n) is 15.1. The average molecular weight is 1200 g/mol. The third-order valence-corrected chi connectivity index (χ3v) is 15.1. The molecule has 8 aromatic rings. The van der Waals surface area contributed by atoms with Gasteiger partial charge in [0.1, 0.15) is 64.2 Å². The second-order valence-electron chi connectivity index (χ2n) is 22.7. The minimum absolute atomic E-state index is 0.0279. The Labute approximate surface area is 514 Å².